The van der Waals surface area contributed by atoms with Gasteiger partial charge < -0.3 is 11.5 Å². The largest absolute Gasteiger partial charge is 0.327 e. The molecule has 0 saturated heterocycles. The fourth-order valence-corrected chi connectivity index (χ4v) is 4.14. The van der Waals surface area contributed by atoms with Gasteiger partial charge in [0, 0.05) is 12.1 Å². The van der Waals surface area contributed by atoms with Crippen LogP contribution in [0.5, 0.6) is 0 Å². The Hall–Kier alpha value is -0.0800. The molecule has 2 heteroatoms. The normalized spacial score (nSPS) is 42.4. The molecule has 0 heterocycles. The van der Waals surface area contributed by atoms with Gasteiger partial charge in [0.15, 0.2) is 0 Å². The maximum atomic E-state index is 6.55. The molecule has 2 aliphatic rings. The molecule has 0 amide bonds. The van der Waals surface area contributed by atoms with Crippen LogP contribution in [-0.4, -0.2) is 12.1 Å². The highest BCUT2D eigenvalue weighted by molar-refractivity contribution is 4.91. The van der Waals surface area contributed by atoms with Crippen molar-refractivity contribution in [3.8, 4) is 0 Å². The predicted molar refractivity (Wildman–Crippen MR) is 73.6 cm³/mol. The zero-order valence-corrected chi connectivity index (χ0v) is 11.6. The van der Waals surface area contributed by atoms with E-state index >= 15 is 0 Å². The Morgan fingerprint density at radius 2 is 1.41 bits per heavy atom. The first-order valence-electron chi connectivity index (χ1n) is 7.60. The summed E-state index contributed by atoms with van der Waals surface area (Å²) < 4.78 is 0. The van der Waals surface area contributed by atoms with Gasteiger partial charge in [-0.2, -0.15) is 0 Å². The van der Waals surface area contributed by atoms with Gasteiger partial charge in [-0.15, -0.1) is 0 Å². The summed E-state index contributed by atoms with van der Waals surface area (Å²) in [5.41, 5.74) is 12.8. The highest BCUT2D eigenvalue weighted by Gasteiger charge is 2.36. The van der Waals surface area contributed by atoms with Gasteiger partial charge >= 0.3 is 0 Å². The van der Waals surface area contributed by atoms with Gasteiger partial charge in [-0.25, -0.2) is 0 Å². The van der Waals surface area contributed by atoms with Crippen LogP contribution in [0.3, 0.4) is 0 Å². The fraction of sp³-hybridized carbons (Fsp3) is 1.00. The van der Waals surface area contributed by atoms with Crippen LogP contribution in [0.2, 0.25) is 0 Å². The zero-order chi connectivity index (χ0) is 12.4. The monoisotopic (exact) mass is 238 g/mol. The molecule has 2 nitrogen and oxygen atoms in total. The highest BCUT2D eigenvalue weighted by Crippen LogP contribution is 2.38. The summed E-state index contributed by atoms with van der Waals surface area (Å²) in [6.07, 6.45) is 9.46. The molecular weight excluding hydrogens is 208 g/mol. The summed E-state index contributed by atoms with van der Waals surface area (Å²) in [6, 6.07) is 0.831. The Kier molecular flexibility index (Phi) is 4.48. The number of hydrogen-bond donors (Lipinski definition) is 2. The summed E-state index contributed by atoms with van der Waals surface area (Å²) in [5, 5.41) is 0. The van der Waals surface area contributed by atoms with Crippen LogP contribution >= 0.6 is 0 Å². The van der Waals surface area contributed by atoms with Crippen molar-refractivity contribution in [3.05, 3.63) is 0 Å². The van der Waals surface area contributed by atoms with E-state index in [1.807, 2.05) is 0 Å². The van der Waals surface area contributed by atoms with Gasteiger partial charge in [-0.1, -0.05) is 33.1 Å². The molecule has 2 rings (SSSR count). The predicted octanol–water partition coefficient (Wildman–Crippen LogP) is 2.90. The van der Waals surface area contributed by atoms with Gasteiger partial charge in [0.2, 0.25) is 0 Å². The van der Waals surface area contributed by atoms with E-state index in [-0.39, 0.29) is 0 Å². The standard InChI is InChI=1S/C15H30N2/c1-10-8-13(9-11(2)14(10)16)15(17)12-6-4-3-5-7-12/h10-15H,3-9,16-17H2,1-2H3. The van der Waals surface area contributed by atoms with Crippen LogP contribution in [0.1, 0.15) is 58.8 Å². The molecule has 0 spiro atoms. The van der Waals surface area contributed by atoms with Crippen LogP contribution in [0.4, 0.5) is 0 Å². The van der Waals surface area contributed by atoms with Gasteiger partial charge in [0.1, 0.15) is 0 Å². The van der Waals surface area contributed by atoms with Crippen molar-refractivity contribution < 1.29 is 0 Å². The average Bonchev–Trinajstić information content (AvgIpc) is 2.35. The molecule has 0 bridgehead atoms. The van der Waals surface area contributed by atoms with Crippen LogP contribution < -0.4 is 11.5 Å². The van der Waals surface area contributed by atoms with Gasteiger partial charge in [0.05, 0.1) is 0 Å². The number of nitrogens with two attached hydrogens (primary N) is 2. The fourth-order valence-electron chi connectivity index (χ4n) is 4.14. The first kappa shape index (κ1) is 13.4. The summed E-state index contributed by atoms with van der Waals surface area (Å²) in [7, 11) is 0. The Bertz CT molecular complexity index is 223. The van der Waals surface area contributed by atoms with E-state index in [4.69, 9.17) is 11.5 Å². The quantitative estimate of drug-likeness (QED) is 0.777. The molecular formula is C15H30N2. The number of rotatable bonds is 2. The minimum Gasteiger partial charge on any atom is -0.327 e. The van der Waals surface area contributed by atoms with Crippen molar-refractivity contribution in [2.45, 2.75) is 70.9 Å². The lowest BCUT2D eigenvalue weighted by molar-refractivity contribution is 0.129. The lowest BCUT2D eigenvalue weighted by Gasteiger charge is -2.42. The third-order valence-electron chi connectivity index (χ3n) is 5.40. The van der Waals surface area contributed by atoms with Crippen molar-refractivity contribution in [1.29, 1.82) is 0 Å². The Morgan fingerprint density at radius 3 is 1.94 bits per heavy atom. The minimum atomic E-state index is 0.393. The van der Waals surface area contributed by atoms with E-state index in [0.29, 0.717) is 23.9 Å². The molecule has 2 saturated carbocycles. The lowest BCUT2D eigenvalue weighted by Crippen LogP contribution is -2.48. The van der Waals surface area contributed by atoms with E-state index in [9.17, 15) is 0 Å². The Balaban J connectivity index is 1.92. The van der Waals surface area contributed by atoms with E-state index in [1.165, 1.54) is 44.9 Å². The molecule has 3 atom stereocenters. The highest BCUT2D eigenvalue weighted by atomic mass is 14.7. The van der Waals surface area contributed by atoms with Crippen LogP contribution in [0, 0.1) is 23.7 Å². The lowest BCUT2D eigenvalue weighted by atomic mass is 9.67. The van der Waals surface area contributed by atoms with Crippen LogP contribution in [-0.2, 0) is 0 Å². The van der Waals surface area contributed by atoms with Crippen molar-refractivity contribution in [2.24, 2.45) is 35.1 Å². The zero-order valence-electron chi connectivity index (χ0n) is 11.6. The summed E-state index contributed by atoms with van der Waals surface area (Å²) in [6.45, 7) is 4.61. The summed E-state index contributed by atoms with van der Waals surface area (Å²) >= 11 is 0. The average molecular weight is 238 g/mol. The molecule has 0 aromatic carbocycles. The summed E-state index contributed by atoms with van der Waals surface area (Å²) in [4.78, 5) is 0. The van der Waals surface area contributed by atoms with Gasteiger partial charge in [-0.05, 0) is 49.4 Å². The molecule has 4 N–H and O–H groups in total. The molecule has 100 valence electrons. The Labute approximate surface area is 107 Å². The van der Waals surface area contributed by atoms with Crippen molar-refractivity contribution in [1.82, 2.24) is 0 Å². The minimum absolute atomic E-state index is 0.393. The van der Waals surface area contributed by atoms with Gasteiger partial charge in [0.25, 0.3) is 0 Å². The van der Waals surface area contributed by atoms with E-state index < -0.39 is 0 Å². The van der Waals surface area contributed by atoms with E-state index in [0.717, 1.165) is 11.8 Å². The third-order valence-corrected chi connectivity index (χ3v) is 5.40. The molecule has 2 fully saturated rings. The molecule has 0 aromatic heterocycles. The second-order valence-electron chi connectivity index (χ2n) is 6.74. The maximum Gasteiger partial charge on any atom is 0.00958 e. The van der Waals surface area contributed by atoms with Crippen LogP contribution in [0.15, 0.2) is 0 Å². The van der Waals surface area contributed by atoms with E-state index in [2.05, 4.69) is 13.8 Å². The van der Waals surface area contributed by atoms with Crippen molar-refractivity contribution in [2.75, 3.05) is 0 Å². The van der Waals surface area contributed by atoms with Crippen molar-refractivity contribution >= 4 is 0 Å². The maximum absolute atomic E-state index is 6.55. The van der Waals surface area contributed by atoms with E-state index in [1.54, 1.807) is 0 Å². The second kappa shape index (κ2) is 5.71. The molecule has 17 heavy (non-hydrogen) atoms. The SMILES string of the molecule is CC1CC(C(N)C2CCCCC2)CC(C)C1N. The first-order chi connectivity index (χ1) is 8.09. The Morgan fingerprint density at radius 1 is 0.882 bits per heavy atom. The van der Waals surface area contributed by atoms with Crippen LogP contribution in [0.25, 0.3) is 0 Å². The number of hydrogen-bond acceptors (Lipinski definition) is 2. The third kappa shape index (κ3) is 3.03. The molecule has 0 aliphatic heterocycles. The second-order valence-corrected chi connectivity index (χ2v) is 6.74. The molecule has 2 aliphatic carbocycles. The molecule has 0 aromatic rings. The smallest absolute Gasteiger partial charge is 0.00958 e. The van der Waals surface area contributed by atoms with Crippen molar-refractivity contribution in [3.63, 3.8) is 0 Å². The molecule has 0 radical (unpaired) electrons. The topological polar surface area (TPSA) is 52.0 Å². The molecule has 3 unspecified atom stereocenters. The summed E-state index contributed by atoms with van der Waals surface area (Å²) in [5.74, 6) is 2.82. The van der Waals surface area contributed by atoms with Gasteiger partial charge in [-0.3, -0.25) is 0 Å². The first-order valence-corrected chi connectivity index (χ1v) is 7.60.